The second-order valence-corrected chi connectivity index (χ2v) is 30.1. The van der Waals surface area contributed by atoms with E-state index in [4.69, 9.17) is 40.4 Å². The van der Waals surface area contributed by atoms with Gasteiger partial charge in [0.2, 0.25) is 17.7 Å². The van der Waals surface area contributed by atoms with Gasteiger partial charge in [0.05, 0.1) is 49.4 Å². The first-order chi connectivity index (χ1) is 52.5. The summed E-state index contributed by atoms with van der Waals surface area (Å²) in [5.41, 5.74) is 21.5. The van der Waals surface area contributed by atoms with Crippen molar-refractivity contribution in [2.24, 2.45) is 29.2 Å². The van der Waals surface area contributed by atoms with E-state index in [9.17, 15) is 53.5 Å². The number of nitriles is 1. The summed E-state index contributed by atoms with van der Waals surface area (Å²) in [7, 11) is 4.27. The number of phenolic OH excluding ortho intramolecular Hbond substituents is 1. The maximum atomic E-state index is 14.8. The van der Waals surface area contributed by atoms with Crippen LogP contribution in [0, 0.1) is 49.9 Å². The Morgan fingerprint density at radius 2 is 1.23 bits per heavy atom. The summed E-state index contributed by atoms with van der Waals surface area (Å²) in [6, 6.07) is 36.1. The van der Waals surface area contributed by atoms with E-state index in [1.54, 1.807) is 70.2 Å². The van der Waals surface area contributed by atoms with Crippen LogP contribution in [0.1, 0.15) is 165 Å². The molecule has 0 spiro atoms. The zero-order valence-electron chi connectivity index (χ0n) is 65.2. The number of ketones is 4. The second kappa shape index (κ2) is 41.2. The van der Waals surface area contributed by atoms with Crippen molar-refractivity contribution in [2.75, 3.05) is 52.8 Å². The Labute approximate surface area is 665 Å². The number of fused-ring (bicyclic) bond motifs is 10. The van der Waals surface area contributed by atoms with E-state index >= 15 is 0 Å². The minimum Gasteiger partial charge on any atom is -0.507 e. The molecule has 25 heteroatoms. The predicted molar refractivity (Wildman–Crippen MR) is 433 cm³/mol. The van der Waals surface area contributed by atoms with Gasteiger partial charge in [0.15, 0.2) is 29.0 Å². The molecule has 7 aromatic rings. The molecule has 4 amide bonds. The number of unbranched alkanes of at least 4 members (excludes halogenated alkanes) is 2. The highest BCUT2D eigenvalue weighted by molar-refractivity contribution is 9.09. The highest BCUT2D eigenvalue weighted by atomic mass is 79.9. The van der Waals surface area contributed by atoms with Crippen molar-refractivity contribution in [1.82, 2.24) is 30.4 Å². The maximum absolute atomic E-state index is 14.8. The van der Waals surface area contributed by atoms with E-state index in [2.05, 4.69) is 47.3 Å². The molecule has 590 valence electrons. The Morgan fingerprint density at radius 3 is 1.80 bits per heavy atom. The van der Waals surface area contributed by atoms with Gasteiger partial charge < -0.3 is 51.1 Å². The molecule has 111 heavy (non-hydrogen) atoms. The maximum Gasteiger partial charge on any atom is 0.410 e. The average molecular weight is 1600 g/mol. The fourth-order valence-electron chi connectivity index (χ4n) is 13.7. The van der Waals surface area contributed by atoms with Crippen molar-refractivity contribution in [3.05, 3.63) is 183 Å². The minimum absolute atomic E-state index is 0. The molecule has 7 N–H and O–H groups in total. The van der Waals surface area contributed by atoms with Gasteiger partial charge in [-0.3, -0.25) is 38.5 Å². The van der Waals surface area contributed by atoms with Crippen LogP contribution < -0.4 is 31.6 Å². The van der Waals surface area contributed by atoms with Crippen molar-refractivity contribution in [3.63, 3.8) is 0 Å². The van der Waals surface area contributed by atoms with Gasteiger partial charge in [-0.2, -0.15) is 18.8 Å². The van der Waals surface area contributed by atoms with Crippen LogP contribution >= 0.6 is 29.4 Å². The van der Waals surface area contributed by atoms with E-state index in [-0.39, 0.29) is 107 Å². The van der Waals surface area contributed by atoms with Gasteiger partial charge in [-0.1, -0.05) is 142 Å². The van der Waals surface area contributed by atoms with Crippen LogP contribution in [0.5, 0.6) is 17.2 Å². The van der Waals surface area contributed by atoms with E-state index in [1.165, 1.54) is 37.1 Å². The molecule has 2 aliphatic rings. The molecule has 0 radical (unpaired) electrons. The number of carbonyl (C=O) groups excluding carboxylic acids is 9. The molecule has 3 heterocycles. The van der Waals surface area contributed by atoms with Gasteiger partial charge in [0.25, 0.3) is 0 Å². The van der Waals surface area contributed by atoms with Crippen LogP contribution in [-0.2, 0) is 67.9 Å². The molecule has 0 saturated heterocycles. The molecule has 0 fully saturated rings. The van der Waals surface area contributed by atoms with E-state index in [1.807, 2.05) is 91.9 Å². The number of ether oxygens (including phenoxy) is 4. The summed E-state index contributed by atoms with van der Waals surface area (Å²) < 4.78 is 22.9. The van der Waals surface area contributed by atoms with Gasteiger partial charge in [-0.05, 0) is 152 Å². The fraction of sp³-hybridized carbons (Fsp3) is 0.419. The number of aromatic nitrogens is 2. The molecule has 0 saturated carbocycles. The number of esters is 1. The molecule has 0 aliphatic carbocycles. The first-order valence-corrected chi connectivity index (χ1v) is 38.4. The number of benzene rings is 6. The highest BCUT2D eigenvalue weighted by Crippen LogP contribution is 2.42. The number of aromatic hydroxyl groups is 1. The van der Waals surface area contributed by atoms with Gasteiger partial charge in [-0.15, -0.1) is 0 Å². The zero-order valence-corrected chi connectivity index (χ0v) is 67.8. The smallest absolute Gasteiger partial charge is 0.410 e. The number of methoxy groups -OCH3 is 1. The second-order valence-electron chi connectivity index (χ2n) is 29.3. The number of hydrogen-bond acceptors (Lipinski definition) is 19. The van der Waals surface area contributed by atoms with Crippen LogP contribution in [-0.4, -0.2) is 143 Å². The van der Waals surface area contributed by atoms with Crippen molar-refractivity contribution in [2.45, 2.75) is 162 Å². The molecule has 7 atom stereocenters. The number of likely N-dealkylation sites (N-methyl/N-ethyl adjacent to an activating group) is 2. The van der Waals surface area contributed by atoms with E-state index < -0.39 is 77.5 Å². The Hall–Kier alpha value is -10.1. The highest BCUT2D eigenvalue weighted by Gasteiger charge is 2.39. The standard InChI is InChI=1S/C52H65N7O7.C34H37BrN2O7.H2S/c1-31-26-45(63)48(59(7)51(65)37(21-24-55)30-44(62)47-32(2)56-49(57-33(47)3)35-14-17-38(18-15-35)52(4,5)6)36-16-20-46(66-25-10-8-9-22-53)40(29-36)39-27-34(13-19-42(39)60)28-41(58-50(31)64)43(61)12-11-23-54;1-21-10-11-24-17-26(21)27-19-25(12-13-30(27)43-15-14-35)31(37(3)34(41)44-20-23-8-6-5-7-9-23)29(38)16-22(2)32(39)36-28(18-24)33(40)42-4;/h13-20,27,29,31,37,41,48,60H,8-12,21-22,24-26,28,30,53,55H2,1-7H3,(H,58,64);5-13,17,19,22,28,31H,14-16,18,20H2,1-4H3,(H,36,39);1H2/t31-,37-,41+,48+;22-,28+,31+;/m11./s1. The zero-order chi connectivity index (χ0) is 80.1. The number of hydrogen-bond donors (Lipinski definition) is 5. The Bertz CT molecular complexity index is 4500. The van der Waals surface area contributed by atoms with Gasteiger partial charge in [-0.25, -0.2) is 19.6 Å². The topological polar surface area (TPSA) is 343 Å². The van der Waals surface area contributed by atoms with Gasteiger partial charge >= 0.3 is 12.1 Å². The lowest BCUT2D eigenvalue weighted by Gasteiger charge is -2.32. The van der Waals surface area contributed by atoms with Crippen molar-refractivity contribution < 1.29 is 67.2 Å². The van der Waals surface area contributed by atoms with Crippen molar-refractivity contribution in [3.8, 4) is 57.0 Å². The van der Waals surface area contributed by atoms with Crippen LogP contribution in [0.3, 0.4) is 0 Å². The van der Waals surface area contributed by atoms with E-state index in [0.717, 1.165) is 58.2 Å². The Morgan fingerprint density at radius 1 is 0.676 bits per heavy atom. The summed E-state index contributed by atoms with van der Waals surface area (Å²) in [6.07, 6.45) is 1.27. The number of aryl methyl sites for hydroxylation is 3. The lowest BCUT2D eigenvalue weighted by Crippen LogP contribution is -2.46. The third-order valence-electron chi connectivity index (χ3n) is 19.9. The number of nitrogens with one attached hydrogen (secondary N) is 2. The quantitative estimate of drug-likeness (QED) is 0.0162. The lowest BCUT2D eigenvalue weighted by molar-refractivity contribution is -0.145. The average Bonchev–Trinajstić information content (AvgIpc) is 0.789. The molecule has 8 bridgehead atoms. The third-order valence-corrected chi connectivity index (χ3v) is 20.2. The first-order valence-electron chi connectivity index (χ1n) is 37.3. The van der Waals surface area contributed by atoms with Crippen LogP contribution in [0.2, 0.25) is 0 Å². The number of alkyl halides is 1. The van der Waals surface area contributed by atoms with Gasteiger partial charge in [0.1, 0.15) is 42.0 Å². The molecule has 2 aliphatic heterocycles. The predicted octanol–water partition coefficient (Wildman–Crippen LogP) is 12.9. The molecular formula is C86H104BrN9O14S. The molecule has 6 aromatic carbocycles. The van der Waals surface area contributed by atoms with E-state index in [0.29, 0.717) is 87.2 Å². The number of phenols is 1. The monoisotopic (exact) mass is 1600 g/mol. The summed E-state index contributed by atoms with van der Waals surface area (Å²) in [5, 5.41) is 26.8. The van der Waals surface area contributed by atoms with Crippen LogP contribution in [0.15, 0.2) is 127 Å². The molecule has 0 unspecified atom stereocenters. The SMILES string of the molecule is COC(=O)[C@@H]1Cc2ccc(C)c(c2)-c2cc(ccc2OCCBr)[C@H](N(C)C(=O)OCc2ccccc2)C(=O)C[C@@H](C)C(=O)N1.Cc1nc(-c2ccc(C(C)(C)C)cc2)nc(C)c1C(=O)C[C@@H](CCN)C(=O)N(C)[C@@H]1C(=O)C[C@@H](C)C(=O)N[C@H](C(=O)CCC#N)Cc2ccc(O)c(c2)-c2cc1ccc2OCCCCCN.S. The largest absolute Gasteiger partial charge is 0.507 e. The minimum atomic E-state index is -1.25. The number of amides is 4. The molecule has 9 rings (SSSR count). The lowest BCUT2D eigenvalue weighted by atomic mass is 9.86. The summed E-state index contributed by atoms with van der Waals surface area (Å²) >= 11 is 3.41. The number of Topliss-reactive ketones (excluding diaryl/α,β-unsaturated/α-hetero) is 4. The van der Waals surface area contributed by atoms with Crippen molar-refractivity contribution >= 4 is 82.3 Å². The number of carbonyl (C=O) groups is 9. The Kier molecular flexibility index (Phi) is 32.7. The summed E-state index contributed by atoms with van der Waals surface area (Å²) in [4.78, 5) is 136. The normalized spacial score (nSPS) is 17.4. The van der Waals surface area contributed by atoms with Crippen molar-refractivity contribution in [1.29, 1.82) is 5.26 Å². The Balaban J connectivity index is 0.000000330. The number of rotatable bonds is 24. The molecule has 23 nitrogen and oxygen atoms in total. The molecular weight excluding hydrogens is 1490 g/mol. The number of halogens is 1. The van der Waals surface area contributed by atoms with Gasteiger partial charge in [0, 0.05) is 98.0 Å². The summed E-state index contributed by atoms with van der Waals surface area (Å²) in [5.74, 6) is -4.87. The first kappa shape index (κ1) is 88.1. The molecule has 1 aromatic heterocycles. The fourth-order valence-corrected chi connectivity index (χ4v) is 13.9. The van der Waals surface area contributed by atoms with Crippen LogP contribution in [0.25, 0.3) is 33.6 Å². The van der Waals surface area contributed by atoms with Crippen LogP contribution in [0.4, 0.5) is 4.79 Å². The summed E-state index contributed by atoms with van der Waals surface area (Å²) in [6.45, 7) is 16.5. The number of nitrogens with zero attached hydrogens (tertiary/aromatic N) is 5. The third kappa shape index (κ3) is 23.2. The number of nitrogens with two attached hydrogens (primary N) is 2.